The molecular weight excluding hydrogens is 322 g/mol. The van der Waals surface area contributed by atoms with Gasteiger partial charge >= 0.3 is 0 Å². The fourth-order valence-electron chi connectivity index (χ4n) is 2.37. The van der Waals surface area contributed by atoms with Gasteiger partial charge in [0, 0.05) is 16.6 Å². The summed E-state index contributed by atoms with van der Waals surface area (Å²) >= 11 is 1.52. The minimum absolute atomic E-state index is 0.0139. The number of nitrogen functional groups attached to an aromatic ring is 1. The Morgan fingerprint density at radius 2 is 1.92 bits per heavy atom. The minimum Gasteiger partial charge on any atom is -0.367 e. The van der Waals surface area contributed by atoms with Crippen LogP contribution < -0.4 is 11.1 Å². The van der Waals surface area contributed by atoms with Crippen molar-refractivity contribution < 1.29 is 9.32 Å². The van der Waals surface area contributed by atoms with Gasteiger partial charge in [0.2, 0.25) is 5.88 Å². The van der Waals surface area contributed by atoms with Gasteiger partial charge in [-0.3, -0.25) is 4.79 Å². The van der Waals surface area contributed by atoms with E-state index in [2.05, 4.69) is 31.2 Å². The zero-order chi connectivity index (χ0) is 17.3. The highest BCUT2D eigenvalue weighted by molar-refractivity contribution is 7.08. The van der Waals surface area contributed by atoms with E-state index in [0.29, 0.717) is 11.4 Å². The summed E-state index contributed by atoms with van der Waals surface area (Å²) in [4.78, 5) is 12.6. The van der Waals surface area contributed by atoms with Crippen LogP contribution in [0.2, 0.25) is 0 Å². The number of hydrogen-bond donors (Lipinski definition) is 2. The zero-order valence-electron chi connectivity index (χ0n) is 13.8. The van der Waals surface area contributed by atoms with Crippen LogP contribution in [0, 0.1) is 0 Å². The van der Waals surface area contributed by atoms with Crippen LogP contribution in [0.15, 0.2) is 45.6 Å². The summed E-state index contributed by atoms with van der Waals surface area (Å²) in [5, 5.41) is 10.6. The minimum atomic E-state index is -0.335. The number of aromatic nitrogens is 1. The maximum atomic E-state index is 12.6. The molecule has 0 atom stereocenters. The van der Waals surface area contributed by atoms with Crippen LogP contribution in [0.25, 0.3) is 11.3 Å². The molecule has 1 aromatic carbocycles. The van der Waals surface area contributed by atoms with E-state index in [1.807, 2.05) is 41.1 Å². The van der Waals surface area contributed by atoms with Crippen LogP contribution in [-0.2, 0) is 5.41 Å². The normalized spacial score (nSPS) is 11.5. The molecule has 0 aliphatic heterocycles. The van der Waals surface area contributed by atoms with Crippen molar-refractivity contribution in [2.24, 2.45) is 0 Å². The van der Waals surface area contributed by atoms with Gasteiger partial charge in [0.25, 0.3) is 5.91 Å². The molecule has 0 unspecified atom stereocenters. The second kappa shape index (κ2) is 6.13. The summed E-state index contributed by atoms with van der Waals surface area (Å²) in [6, 6.07) is 9.65. The number of amides is 1. The van der Waals surface area contributed by atoms with E-state index in [9.17, 15) is 4.79 Å². The summed E-state index contributed by atoms with van der Waals surface area (Å²) in [6.45, 7) is 6.43. The van der Waals surface area contributed by atoms with Crippen molar-refractivity contribution >= 4 is 28.8 Å². The van der Waals surface area contributed by atoms with Crippen LogP contribution in [-0.4, -0.2) is 11.1 Å². The summed E-state index contributed by atoms with van der Waals surface area (Å²) < 4.78 is 5.01. The molecule has 2 heterocycles. The number of anilines is 2. The van der Waals surface area contributed by atoms with Gasteiger partial charge in [-0.2, -0.15) is 11.3 Å². The lowest BCUT2D eigenvalue weighted by Gasteiger charge is -2.19. The van der Waals surface area contributed by atoms with Crippen molar-refractivity contribution in [3.05, 3.63) is 52.2 Å². The van der Waals surface area contributed by atoms with Gasteiger partial charge in [-0.15, -0.1) is 0 Å². The fraction of sp³-hybridized carbons (Fsp3) is 0.222. The first-order valence-electron chi connectivity index (χ1n) is 7.56. The molecule has 3 rings (SSSR count). The molecule has 0 saturated carbocycles. The van der Waals surface area contributed by atoms with E-state index in [0.717, 1.165) is 5.56 Å². The number of carbonyl (C=O) groups is 1. The highest BCUT2D eigenvalue weighted by atomic mass is 32.1. The predicted octanol–water partition coefficient (Wildman–Crippen LogP) is 4.54. The summed E-state index contributed by atoms with van der Waals surface area (Å²) in [5.41, 5.74) is 9.28. The molecule has 3 aromatic rings. The molecule has 6 heteroatoms. The number of rotatable bonds is 3. The molecule has 3 N–H and O–H groups in total. The van der Waals surface area contributed by atoms with Crippen molar-refractivity contribution in [1.82, 2.24) is 5.16 Å². The van der Waals surface area contributed by atoms with Crippen molar-refractivity contribution in [1.29, 1.82) is 0 Å². The predicted molar refractivity (Wildman–Crippen MR) is 97.3 cm³/mol. The number of carbonyl (C=O) groups excluding carboxylic acids is 1. The van der Waals surface area contributed by atoms with Gasteiger partial charge in [-0.1, -0.05) is 38.1 Å². The first-order chi connectivity index (χ1) is 11.4. The maximum absolute atomic E-state index is 12.6. The smallest absolute Gasteiger partial charge is 0.263 e. The molecule has 0 aliphatic carbocycles. The molecule has 124 valence electrons. The molecule has 0 fully saturated rings. The Morgan fingerprint density at radius 3 is 2.50 bits per heavy atom. The Labute approximate surface area is 144 Å². The molecule has 1 amide bonds. The second-order valence-corrected chi connectivity index (χ2v) is 7.34. The Balaban J connectivity index is 1.85. The lowest BCUT2D eigenvalue weighted by Crippen LogP contribution is -2.15. The van der Waals surface area contributed by atoms with Crippen molar-refractivity contribution in [3.8, 4) is 11.3 Å². The van der Waals surface area contributed by atoms with Gasteiger partial charge in [-0.25, -0.2) is 0 Å². The largest absolute Gasteiger partial charge is 0.367 e. The van der Waals surface area contributed by atoms with E-state index in [4.69, 9.17) is 10.3 Å². The number of benzene rings is 1. The standard InChI is InChI=1S/C18H19N3O2S/c1-18(2,3)12-4-6-13(7-5-12)20-17(22)14-15(21-23-16(14)19)11-8-9-24-10-11/h4-10H,19H2,1-3H3,(H,20,22). The number of nitrogens with one attached hydrogen (secondary N) is 1. The number of thiophene rings is 1. The maximum Gasteiger partial charge on any atom is 0.263 e. The van der Waals surface area contributed by atoms with Crippen molar-refractivity contribution in [3.63, 3.8) is 0 Å². The number of nitrogens with zero attached hydrogens (tertiary/aromatic N) is 1. The first-order valence-corrected chi connectivity index (χ1v) is 8.50. The molecule has 2 aromatic heterocycles. The average molecular weight is 341 g/mol. The third kappa shape index (κ3) is 3.19. The number of nitrogens with two attached hydrogens (primary N) is 1. The fourth-order valence-corrected chi connectivity index (χ4v) is 3.01. The van der Waals surface area contributed by atoms with Crippen LogP contribution in [0.1, 0.15) is 36.7 Å². The lowest BCUT2D eigenvalue weighted by atomic mass is 9.87. The molecule has 5 nitrogen and oxygen atoms in total. The van der Waals surface area contributed by atoms with Crippen LogP contribution in [0.3, 0.4) is 0 Å². The van der Waals surface area contributed by atoms with Crippen LogP contribution in [0.5, 0.6) is 0 Å². The lowest BCUT2D eigenvalue weighted by molar-refractivity contribution is 0.102. The summed E-state index contributed by atoms with van der Waals surface area (Å²) in [6.07, 6.45) is 0. The highest BCUT2D eigenvalue weighted by Gasteiger charge is 2.23. The molecule has 0 spiro atoms. The van der Waals surface area contributed by atoms with E-state index in [1.54, 1.807) is 0 Å². The number of hydrogen-bond acceptors (Lipinski definition) is 5. The average Bonchev–Trinajstić information content (AvgIpc) is 3.15. The van der Waals surface area contributed by atoms with Gasteiger partial charge in [-0.05, 0) is 34.6 Å². The monoisotopic (exact) mass is 341 g/mol. The van der Waals surface area contributed by atoms with E-state index in [-0.39, 0.29) is 22.8 Å². The Morgan fingerprint density at radius 1 is 1.21 bits per heavy atom. The molecule has 0 saturated heterocycles. The van der Waals surface area contributed by atoms with Gasteiger partial charge < -0.3 is 15.6 Å². The van der Waals surface area contributed by atoms with E-state index in [1.165, 1.54) is 16.9 Å². The SMILES string of the molecule is CC(C)(C)c1ccc(NC(=O)c2c(-c3ccsc3)noc2N)cc1. The molecular formula is C18H19N3O2S. The van der Waals surface area contributed by atoms with Crippen molar-refractivity contribution in [2.75, 3.05) is 11.1 Å². The van der Waals surface area contributed by atoms with Crippen molar-refractivity contribution in [2.45, 2.75) is 26.2 Å². The Bertz CT molecular complexity index is 844. The van der Waals surface area contributed by atoms with Crippen LogP contribution >= 0.6 is 11.3 Å². The second-order valence-electron chi connectivity index (χ2n) is 6.56. The molecule has 0 bridgehead atoms. The van der Waals surface area contributed by atoms with Gasteiger partial charge in [0.05, 0.1) is 0 Å². The zero-order valence-corrected chi connectivity index (χ0v) is 14.6. The summed E-state index contributed by atoms with van der Waals surface area (Å²) in [7, 11) is 0. The summed E-state index contributed by atoms with van der Waals surface area (Å²) in [5.74, 6) is -0.321. The van der Waals surface area contributed by atoms with Gasteiger partial charge in [0.1, 0.15) is 11.3 Å². The Hall–Kier alpha value is -2.60. The van der Waals surface area contributed by atoms with Gasteiger partial charge in [0.15, 0.2) is 0 Å². The topological polar surface area (TPSA) is 81.2 Å². The highest BCUT2D eigenvalue weighted by Crippen LogP contribution is 2.30. The third-order valence-corrected chi connectivity index (χ3v) is 4.43. The molecule has 0 aliphatic rings. The Kier molecular flexibility index (Phi) is 4.15. The third-order valence-electron chi connectivity index (χ3n) is 3.75. The van der Waals surface area contributed by atoms with E-state index >= 15 is 0 Å². The molecule has 24 heavy (non-hydrogen) atoms. The van der Waals surface area contributed by atoms with Crippen LogP contribution in [0.4, 0.5) is 11.6 Å². The first kappa shape index (κ1) is 16.3. The molecule has 0 radical (unpaired) electrons. The quantitative estimate of drug-likeness (QED) is 0.733. The van der Waals surface area contributed by atoms with E-state index < -0.39 is 0 Å².